The van der Waals surface area contributed by atoms with Gasteiger partial charge in [0.2, 0.25) is 5.89 Å². The molecule has 0 saturated heterocycles. The molecule has 3 nitrogen and oxygen atoms in total. The van der Waals surface area contributed by atoms with Crippen LogP contribution in [0.1, 0.15) is 5.56 Å². The minimum atomic E-state index is 0.655. The fourth-order valence-corrected chi connectivity index (χ4v) is 5.02. The second kappa shape index (κ2) is 7.71. The first-order valence-electron chi connectivity index (χ1n) is 11.8. The van der Waals surface area contributed by atoms with Gasteiger partial charge >= 0.3 is 0 Å². The molecule has 0 aliphatic carbocycles. The maximum Gasteiger partial charge on any atom is 0.227 e. The van der Waals surface area contributed by atoms with Gasteiger partial charge in [-0.15, -0.1) is 0 Å². The molecule has 0 bridgehead atoms. The molecule has 0 aliphatic rings. The van der Waals surface area contributed by atoms with E-state index in [-0.39, 0.29) is 0 Å². The molecule has 0 saturated carbocycles. The standard InChI is InChI=1S/C32H22N2O/c1-21-7-6-10-28-31(21)35-32(33-28)24-15-13-22(14-16-24)23-17-19-25(20-18-23)34-29-11-4-2-8-26(29)27-9-3-5-12-30(27)34/h2-20H,1H3. The molecule has 2 aromatic heterocycles. The van der Waals surface area contributed by atoms with Crippen LogP contribution in [0.15, 0.2) is 120 Å². The summed E-state index contributed by atoms with van der Waals surface area (Å²) in [5, 5.41) is 2.55. The summed E-state index contributed by atoms with van der Waals surface area (Å²) in [6.45, 7) is 2.05. The summed E-state index contributed by atoms with van der Waals surface area (Å²) in [5.74, 6) is 0.655. The van der Waals surface area contributed by atoms with Gasteiger partial charge in [-0.05, 0) is 66.1 Å². The van der Waals surface area contributed by atoms with Crippen LogP contribution in [0.2, 0.25) is 0 Å². The van der Waals surface area contributed by atoms with E-state index in [4.69, 9.17) is 4.42 Å². The van der Waals surface area contributed by atoms with Crippen molar-refractivity contribution < 1.29 is 4.42 Å². The van der Waals surface area contributed by atoms with Crippen molar-refractivity contribution >= 4 is 32.9 Å². The molecule has 0 fully saturated rings. The Labute approximate surface area is 202 Å². The Kier molecular flexibility index (Phi) is 4.36. The van der Waals surface area contributed by atoms with Gasteiger partial charge in [0.1, 0.15) is 5.52 Å². The molecule has 35 heavy (non-hydrogen) atoms. The molecule has 5 aromatic carbocycles. The number of para-hydroxylation sites is 3. The Hall–Kier alpha value is -4.63. The third kappa shape index (κ3) is 3.17. The van der Waals surface area contributed by atoms with E-state index in [0.29, 0.717) is 5.89 Å². The van der Waals surface area contributed by atoms with E-state index in [9.17, 15) is 0 Å². The van der Waals surface area contributed by atoms with Crippen LogP contribution in [0.3, 0.4) is 0 Å². The van der Waals surface area contributed by atoms with Crippen LogP contribution in [0, 0.1) is 6.92 Å². The number of fused-ring (bicyclic) bond motifs is 4. The maximum atomic E-state index is 6.04. The van der Waals surface area contributed by atoms with Crippen molar-refractivity contribution in [2.75, 3.05) is 0 Å². The Balaban J connectivity index is 1.25. The van der Waals surface area contributed by atoms with Crippen molar-refractivity contribution in [2.24, 2.45) is 0 Å². The first-order chi connectivity index (χ1) is 17.3. The zero-order valence-electron chi connectivity index (χ0n) is 19.3. The number of aromatic nitrogens is 2. The predicted molar refractivity (Wildman–Crippen MR) is 144 cm³/mol. The largest absolute Gasteiger partial charge is 0.436 e. The van der Waals surface area contributed by atoms with Gasteiger partial charge in [-0.25, -0.2) is 4.98 Å². The predicted octanol–water partition coefficient (Wildman–Crippen LogP) is 8.57. The second-order valence-electron chi connectivity index (χ2n) is 8.94. The van der Waals surface area contributed by atoms with Crippen LogP contribution < -0.4 is 0 Å². The van der Waals surface area contributed by atoms with Crippen LogP contribution >= 0.6 is 0 Å². The summed E-state index contributed by atoms with van der Waals surface area (Å²) in [6, 6.07) is 40.4. The first kappa shape index (κ1) is 19.8. The quantitative estimate of drug-likeness (QED) is 0.270. The average molecular weight is 451 g/mol. The molecular weight excluding hydrogens is 428 g/mol. The highest BCUT2D eigenvalue weighted by atomic mass is 16.3. The number of hydrogen-bond acceptors (Lipinski definition) is 2. The number of aryl methyl sites for hydroxylation is 1. The number of nitrogens with zero attached hydrogens (tertiary/aromatic N) is 2. The molecule has 0 atom stereocenters. The van der Waals surface area contributed by atoms with Gasteiger partial charge in [-0.2, -0.15) is 0 Å². The van der Waals surface area contributed by atoms with Crippen LogP contribution in [0.25, 0.3) is 61.2 Å². The summed E-state index contributed by atoms with van der Waals surface area (Å²) >= 11 is 0. The molecule has 0 aliphatic heterocycles. The van der Waals surface area contributed by atoms with Gasteiger partial charge < -0.3 is 8.98 Å². The Morgan fingerprint density at radius 3 is 1.77 bits per heavy atom. The summed E-state index contributed by atoms with van der Waals surface area (Å²) in [6.07, 6.45) is 0. The highest BCUT2D eigenvalue weighted by molar-refractivity contribution is 6.09. The van der Waals surface area contributed by atoms with Crippen LogP contribution in [-0.4, -0.2) is 9.55 Å². The normalized spacial score (nSPS) is 11.6. The lowest BCUT2D eigenvalue weighted by molar-refractivity contribution is 0.617. The van der Waals surface area contributed by atoms with Gasteiger partial charge in [0.15, 0.2) is 5.58 Å². The molecule has 0 amide bonds. The Morgan fingerprint density at radius 1 is 0.571 bits per heavy atom. The lowest BCUT2D eigenvalue weighted by Crippen LogP contribution is -1.93. The SMILES string of the molecule is Cc1cccc2nc(-c3ccc(-c4ccc(-n5c6ccccc6c6ccccc65)cc4)cc3)oc12. The van der Waals surface area contributed by atoms with Crippen molar-refractivity contribution in [1.82, 2.24) is 9.55 Å². The highest BCUT2D eigenvalue weighted by Crippen LogP contribution is 2.33. The number of oxazole rings is 1. The molecule has 0 N–H and O–H groups in total. The van der Waals surface area contributed by atoms with Gasteiger partial charge in [0.05, 0.1) is 11.0 Å². The summed E-state index contributed by atoms with van der Waals surface area (Å²) in [4.78, 5) is 4.67. The fourth-order valence-electron chi connectivity index (χ4n) is 5.02. The zero-order chi connectivity index (χ0) is 23.4. The molecule has 0 radical (unpaired) electrons. The molecule has 2 heterocycles. The van der Waals surface area contributed by atoms with E-state index in [1.54, 1.807) is 0 Å². The van der Waals surface area contributed by atoms with Crippen molar-refractivity contribution in [2.45, 2.75) is 6.92 Å². The topological polar surface area (TPSA) is 31.0 Å². The van der Waals surface area contributed by atoms with E-state index in [1.807, 2.05) is 25.1 Å². The van der Waals surface area contributed by atoms with Gasteiger partial charge in [-0.1, -0.05) is 72.8 Å². The lowest BCUT2D eigenvalue weighted by Gasteiger charge is -2.09. The van der Waals surface area contributed by atoms with Gasteiger partial charge in [-0.3, -0.25) is 0 Å². The van der Waals surface area contributed by atoms with E-state index in [0.717, 1.165) is 33.5 Å². The second-order valence-corrected chi connectivity index (χ2v) is 8.94. The molecule has 7 aromatic rings. The maximum absolute atomic E-state index is 6.04. The third-order valence-electron chi connectivity index (χ3n) is 6.78. The summed E-state index contributed by atoms with van der Waals surface area (Å²) in [7, 11) is 0. The molecule has 0 unspecified atom stereocenters. The Bertz CT molecular complexity index is 1780. The van der Waals surface area contributed by atoms with Gasteiger partial charge in [0.25, 0.3) is 0 Å². The minimum Gasteiger partial charge on any atom is -0.436 e. The van der Waals surface area contributed by atoms with Crippen molar-refractivity contribution in [3.05, 3.63) is 121 Å². The number of benzene rings is 5. The van der Waals surface area contributed by atoms with Crippen LogP contribution in [0.4, 0.5) is 0 Å². The van der Waals surface area contributed by atoms with E-state index in [1.165, 1.54) is 27.4 Å². The van der Waals surface area contributed by atoms with E-state index < -0.39 is 0 Å². The van der Waals surface area contributed by atoms with Crippen molar-refractivity contribution in [1.29, 1.82) is 0 Å². The highest BCUT2D eigenvalue weighted by Gasteiger charge is 2.12. The van der Waals surface area contributed by atoms with E-state index >= 15 is 0 Å². The molecule has 7 rings (SSSR count). The van der Waals surface area contributed by atoms with Crippen molar-refractivity contribution in [3.8, 4) is 28.3 Å². The zero-order valence-corrected chi connectivity index (χ0v) is 19.3. The molecule has 0 spiro atoms. The lowest BCUT2D eigenvalue weighted by atomic mass is 10.0. The van der Waals surface area contributed by atoms with Gasteiger partial charge in [0, 0.05) is 22.0 Å². The Morgan fingerprint density at radius 2 is 1.14 bits per heavy atom. The minimum absolute atomic E-state index is 0.655. The smallest absolute Gasteiger partial charge is 0.227 e. The fraction of sp³-hybridized carbons (Fsp3) is 0.0312. The molecule has 166 valence electrons. The molecular formula is C32H22N2O. The number of rotatable bonds is 3. The number of hydrogen-bond donors (Lipinski definition) is 0. The first-order valence-corrected chi connectivity index (χ1v) is 11.8. The van der Waals surface area contributed by atoms with Crippen LogP contribution in [-0.2, 0) is 0 Å². The van der Waals surface area contributed by atoms with Crippen LogP contribution in [0.5, 0.6) is 0 Å². The van der Waals surface area contributed by atoms with E-state index in [2.05, 4.69) is 107 Å². The summed E-state index contributed by atoms with van der Waals surface area (Å²) in [5.41, 5.74) is 9.76. The monoisotopic (exact) mass is 450 g/mol. The van der Waals surface area contributed by atoms with Crippen molar-refractivity contribution in [3.63, 3.8) is 0 Å². The average Bonchev–Trinajstić information content (AvgIpc) is 3.50. The third-order valence-corrected chi connectivity index (χ3v) is 6.78. The summed E-state index contributed by atoms with van der Waals surface area (Å²) < 4.78 is 8.38. The molecule has 3 heteroatoms.